The molecule has 1 unspecified atom stereocenters. The number of piperazine rings is 1. The number of aromatic nitrogens is 4. The Hall–Kier alpha value is -2.45. The number of carbonyl (C=O) groups is 1. The van der Waals surface area contributed by atoms with Crippen molar-refractivity contribution in [2.75, 3.05) is 19.6 Å². The highest BCUT2D eigenvalue weighted by molar-refractivity contribution is 6.06. The number of amides is 1. The molecule has 0 spiro atoms. The van der Waals surface area contributed by atoms with Crippen molar-refractivity contribution in [3.8, 4) is 0 Å². The SMILES string of the molecule is Cc1cc(C(=O)N2CCNCC2c2nccn2C)c2c(C(C)C)noc2n1.Cl. The minimum atomic E-state index is -0.128. The van der Waals surface area contributed by atoms with E-state index in [1.54, 1.807) is 6.20 Å². The standard InChI is InChI=1S/C19H24N6O2.ClH/c1-11(2)16-15-13(9-12(3)22-18(15)27-23-16)19(26)25-8-5-20-10-14(25)17-21-6-7-24(17)4;/h6-7,9,11,14,20H,5,8,10H2,1-4H3;1H. The second-order valence-corrected chi connectivity index (χ2v) is 7.33. The van der Waals surface area contributed by atoms with E-state index in [1.807, 2.05) is 49.5 Å². The number of aryl methyl sites for hydroxylation is 2. The number of hydrogen-bond donors (Lipinski definition) is 1. The predicted molar refractivity (Wildman–Crippen MR) is 108 cm³/mol. The lowest BCUT2D eigenvalue weighted by atomic mass is 10.0. The number of nitrogens with zero attached hydrogens (tertiary/aromatic N) is 5. The van der Waals surface area contributed by atoms with Crippen molar-refractivity contribution in [2.24, 2.45) is 7.05 Å². The van der Waals surface area contributed by atoms with Crippen LogP contribution < -0.4 is 5.32 Å². The number of fused-ring (bicyclic) bond motifs is 1. The van der Waals surface area contributed by atoms with Gasteiger partial charge >= 0.3 is 0 Å². The molecule has 3 aromatic heterocycles. The van der Waals surface area contributed by atoms with Gasteiger partial charge in [-0.1, -0.05) is 19.0 Å². The van der Waals surface area contributed by atoms with E-state index < -0.39 is 0 Å². The van der Waals surface area contributed by atoms with Gasteiger partial charge in [0.25, 0.3) is 11.6 Å². The first-order valence-corrected chi connectivity index (χ1v) is 9.23. The molecule has 0 bridgehead atoms. The first-order valence-electron chi connectivity index (χ1n) is 9.23. The highest BCUT2D eigenvalue weighted by atomic mass is 35.5. The van der Waals surface area contributed by atoms with Gasteiger partial charge in [0.15, 0.2) is 0 Å². The smallest absolute Gasteiger partial charge is 0.259 e. The van der Waals surface area contributed by atoms with E-state index in [9.17, 15) is 4.79 Å². The van der Waals surface area contributed by atoms with E-state index in [4.69, 9.17) is 4.52 Å². The fraction of sp³-hybridized carbons (Fsp3) is 0.474. The third-order valence-corrected chi connectivity index (χ3v) is 5.04. The molecule has 0 radical (unpaired) electrons. The van der Waals surface area contributed by atoms with Crippen LogP contribution in [0.2, 0.25) is 0 Å². The summed E-state index contributed by atoms with van der Waals surface area (Å²) >= 11 is 0. The summed E-state index contributed by atoms with van der Waals surface area (Å²) in [4.78, 5) is 24.4. The Morgan fingerprint density at radius 2 is 2.18 bits per heavy atom. The summed E-state index contributed by atoms with van der Waals surface area (Å²) in [5.41, 5.74) is 2.53. The van der Waals surface area contributed by atoms with Crippen LogP contribution in [-0.2, 0) is 7.05 Å². The molecule has 8 nitrogen and oxygen atoms in total. The van der Waals surface area contributed by atoms with Gasteiger partial charge in [-0.2, -0.15) is 0 Å². The van der Waals surface area contributed by atoms with Crippen molar-refractivity contribution in [1.82, 2.24) is 29.9 Å². The summed E-state index contributed by atoms with van der Waals surface area (Å²) in [6.45, 7) is 7.97. The Labute approximate surface area is 169 Å². The van der Waals surface area contributed by atoms with E-state index in [2.05, 4.69) is 20.4 Å². The molecule has 150 valence electrons. The maximum Gasteiger partial charge on any atom is 0.259 e. The normalized spacial score (nSPS) is 17.2. The fourth-order valence-electron chi connectivity index (χ4n) is 3.69. The predicted octanol–water partition coefficient (Wildman–Crippen LogP) is 2.60. The average Bonchev–Trinajstić information content (AvgIpc) is 3.26. The van der Waals surface area contributed by atoms with E-state index in [1.165, 1.54) is 0 Å². The highest BCUT2D eigenvalue weighted by Crippen LogP contribution is 2.30. The van der Waals surface area contributed by atoms with E-state index in [0.29, 0.717) is 24.4 Å². The van der Waals surface area contributed by atoms with E-state index in [0.717, 1.165) is 29.1 Å². The Kier molecular flexibility index (Phi) is 5.71. The average molecular weight is 405 g/mol. The van der Waals surface area contributed by atoms with Crippen molar-refractivity contribution in [2.45, 2.75) is 32.7 Å². The van der Waals surface area contributed by atoms with Crippen LogP contribution in [0.4, 0.5) is 0 Å². The summed E-state index contributed by atoms with van der Waals surface area (Å²) in [6.07, 6.45) is 3.66. The first kappa shape index (κ1) is 20.3. The number of hydrogen-bond acceptors (Lipinski definition) is 6. The lowest BCUT2D eigenvalue weighted by Gasteiger charge is -2.36. The molecule has 3 aromatic rings. The molecule has 1 N–H and O–H groups in total. The van der Waals surface area contributed by atoms with Crippen molar-refractivity contribution in [1.29, 1.82) is 0 Å². The summed E-state index contributed by atoms with van der Waals surface area (Å²) in [5.74, 6) is 0.965. The molecule has 4 rings (SSSR count). The summed E-state index contributed by atoms with van der Waals surface area (Å²) in [5, 5.41) is 8.26. The van der Waals surface area contributed by atoms with Crippen molar-refractivity contribution in [3.05, 3.63) is 41.2 Å². The molecule has 4 heterocycles. The Morgan fingerprint density at radius 1 is 1.39 bits per heavy atom. The molecule has 9 heteroatoms. The maximum atomic E-state index is 13.6. The zero-order valence-electron chi connectivity index (χ0n) is 16.5. The van der Waals surface area contributed by atoms with Crippen LogP contribution in [0.25, 0.3) is 11.1 Å². The van der Waals surface area contributed by atoms with Crippen LogP contribution in [0.1, 0.15) is 53.4 Å². The van der Waals surface area contributed by atoms with Crippen LogP contribution in [-0.4, -0.2) is 50.1 Å². The van der Waals surface area contributed by atoms with Crippen LogP contribution in [0.5, 0.6) is 0 Å². The maximum absolute atomic E-state index is 13.6. The third-order valence-electron chi connectivity index (χ3n) is 5.04. The van der Waals surface area contributed by atoms with Crippen LogP contribution in [0.3, 0.4) is 0 Å². The summed E-state index contributed by atoms with van der Waals surface area (Å²) < 4.78 is 7.39. The molecule has 0 aliphatic carbocycles. The number of halogens is 1. The number of pyridine rings is 1. The molecule has 1 saturated heterocycles. The van der Waals surface area contributed by atoms with Crippen LogP contribution >= 0.6 is 12.4 Å². The Balaban J connectivity index is 0.00000225. The molecule has 1 amide bonds. The van der Waals surface area contributed by atoms with Gasteiger partial charge in [0, 0.05) is 44.8 Å². The molecular weight excluding hydrogens is 380 g/mol. The molecule has 1 aliphatic heterocycles. The van der Waals surface area contributed by atoms with Crippen molar-refractivity contribution < 1.29 is 9.32 Å². The number of nitrogens with one attached hydrogen (secondary N) is 1. The number of rotatable bonds is 3. The number of imidazole rings is 1. The van der Waals surface area contributed by atoms with Gasteiger partial charge in [0.2, 0.25) is 0 Å². The monoisotopic (exact) mass is 404 g/mol. The molecule has 1 fully saturated rings. The molecule has 0 saturated carbocycles. The van der Waals surface area contributed by atoms with Gasteiger partial charge in [-0.3, -0.25) is 4.79 Å². The molecule has 1 aliphatic rings. The minimum absolute atomic E-state index is 0. The van der Waals surface area contributed by atoms with Gasteiger partial charge < -0.3 is 19.3 Å². The second-order valence-electron chi connectivity index (χ2n) is 7.33. The molecule has 1 atom stereocenters. The zero-order chi connectivity index (χ0) is 19.1. The van der Waals surface area contributed by atoms with Gasteiger partial charge in [-0.25, -0.2) is 9.97 Å². The molecule has 0 aromatic carbocycles. The van der Waals surface area contributed by atoms with Gasteiger partial charge in [0.05, 0.1) is 16.6 Å². The molecule has 28 heavy (non-hydrogen) atoms. The lowest BCUT2D eigenvalue weighted by molar-refractivity contribution is 0.0622. The van der Waals surface area contributed by atoms with Crippen LogP contribution in [0.15, 0.2) is 23.0 Å². The quantitative estimate of drug-likeness (QED) is 0.721. The van der Waals surface area contributed by atoms with Gasteiger partial charge in [-0.15, -0.1) is 12.4 Å². The Morgan fingerprint density at radius 3 is 2.86 bits per heavy atom. The second kappa shape index (κ2) is 7.89. The Bertz CT molecular complexity index is 996. The topological polar surface area (TPSA) is 89.1 Å². The van der Waals surface area contributed by atoms with Gasteiger partial charge in [-0.05, 0) is 18.9 Å². The van der Waals surface area contributed by atoms with E-state index in [-0.39, 0.29) is 30.3 Å². The van der Waals surface area contributed by atoms with Crippen molar-refractivity contribution >= 4 is 29.4 Å². The van der Waals surface area contributed by atoms with E-state index >= 15 is 0 Å². The first-order chi connectivity index (χ1) is 13.0. The van der Waals surface area contributed by atoms with Crippen molar-refractivity contribution in [3.63, 3.8) is 0 Å². The lowest BCUT2D eigenvalue weighted by Crippen LogP contribution is -2.49. The van der Waals surface area contributed by atoms with Gasteiger partial charge in [0.1, 0.15) is 11.9 Å². The third kappa shape index (κ3) is 3.38. The van der Waals surface area contributed by atoms with Crippen LogP contribution in [0, 0.1) is 6.92 Å². The minimum Gasteiger partial charge on any atom is -0.336 e. The summed E-state index contributed by atoms with van der Waals surface area (Å²) in [7, 11) is 1.95. The molecular formula is C19H25ClN6O2. The zero-order valence-corrected chi connectivity index (χ0v) is 17.3. The fourth-order valence-corrected chi connectivity index (χ4v) is 3.69. The highest BCUT2D eigenvalue weighted by Gasteiger charge is 2.33. The summed E-state index contributed by atoms with van der Waals surface area (Å²) in [6, 6.07) is 1.71. The number of carbonyl (C=O) groups excluding carboxylic acids is 1. The largest absolute Gasteiger partial charge is 0.336 e.